The zero-order chi connectivity index (χ0) is 11.7. The van der Waals surface area contributed by atoms with E-state index in [9.17, 15) is 0 Å². The average Bonchev–Trinajstić information content (AvgIpc) is 2.97. The number of hydrogen-bond acceptors (Lipinski definition) is 0. The Kier molecular flexibility index (Phi) is 3.18. The van der Waals surface area contributed by atoms with E-state index in [1.165, 1.54) is 12.0 Å². The Hall–Kier alpha value is -1.04. The summed E-state index contributed by atoms with van der Waals surface area (Å²) in [5, 5.41) is 0. The van der Waals surface area contributed by atoms with Crippen molar-refractivity contribution in [1.82, 2.24) is 0 Å². The van der Waals surface area contributed by atoms with E-state index in [1.807, 2.05) is 0 Å². The maximum Gasteiger partial charge on any atom is -0.00877 e. The minimum Gasteiger partial charge on any atom is -0.0827 e. The molecule has 1 aromatic carbocycles. The van der Waals surface area contributed by atoms with Gasteiger partial charge < -0.3 is 0 Å². The van der Waals surface area contributed by atoms with Crippen LogP contribution in [0.1, 0.15) is 44.2 Å². The Morgan fingerprint density at radius 1 is 1.31 bits per heavy atom. The quantitative estimate of drug-likeness (QED) is 0.640. The van der Waals surface area contributed by atoms with Crippen molar-refractivity contribution in [2.24, 2.45) is 11.8 Å². The van der Waals surface area contributed by atoms with E-state index < -0.39 is 0 Å². The summed E-state index contributed by atoms with van der Waals surface area (Å²) < 4.78 is 0. The second-order valence-electron chi connectivity index (χ2n) is 5.46. The summed E-state index contributed by atoms with van der Waals surface area (Å²) in [6.07, 6.45) is 3.77. The van der Waals surface area contributed by atoms with E-state index in [2.05, 4.69) is 58.0 Å². The molecule has 1 saturated carbocycles. The fourth-order valence-corrected chi connectivity index (χ4v) is 2.69. The predicted molar refractivity (Wildman–Crippen MR) is 70.6 cm³/mol. The van der Waals surface area contributed by atoms with Gasteiger partial charge in [-0.25, -0.2) is 0 Å². The molecule has 0 nitrogen and oxygen atoms in total. The zero-order valence-corrected chi connectivity index (χ0v) is 10.8. The van der Waals surface area contributed by atoms with Crippen molar-refractivity contribution in [2.75, 3.05) is 0 Å². The van der Waals surface area contributed by atoms with E-state index in [1.54, 1.807) is 11.1 Å². The molecule has 0 radical (unpaired) electrons. The summed E-state index contributed by atoms with van der Waals surface area (Å²) in [7, 11) is 0. The van der Waals surface area contributed by atoms with Gasteiger partial charge in [-0.05, 0) is 49.1 Å². The summed E-state index contributed by atoms with van der Waals surface area (Å²) in [4.78, 5) is 0. The highest BCUT2D eigenvalue weighted by Gasteiger charge is 2.39. The summed E-state index contributed by atoms with van der Waals surface area (Å²) in [5.74, 6) is 2.28. The maximum atomic E-state index is 2.42. The van der Waals surface area contributed by atoms with Crippen LogP contribution < -0.4 is 0 Å². The van der Waals surface area contributed by atoms with Crippen LogP contribution in [-0.4, -0.2) is 0 Å². The fraction of sp³-hybridized carbons (Fsp3) is 0.500. The molecular weight excluding hydrogens is 192 g/mol. The zero-order valence-electron chi connectivity index (χ0n) is 10.8. The van der Waals surface area contributed by atoms with Gasteiger partial charge in [-0.1, -0.05) is 49.8 Å². The number of benzene rings is 1. The third-order valence-corrected chi connectivity index (χ3v) is 3.56. The van der Waals surface area contributed by atoms with Gasteiger partial charge in [0.25, 0.3) is 0 Å². The molecule has 1 aliphatic rings. The molecule has 2 atom stereocenters. The standard InChI is InChI=1S/C16H22/c1-11(2)9-13(4)15-10-16(15)14-8-6-5-7-12(14)3/h5-9,11,15-16H,10H2,1-4H3. The number of aryl methyl sites for hydroxylation is 1. The lowest BCUT2D eigenvalue weighted by molar-refractivity contribution is 0.798. The highest BCUT2D eigenvalue weighted by atomic mass is 14.4. The Morgan fingerprint density at radius 2 is 2.00 bits per heavy atom. The average molecular weight is 214 g/mol. The van der Waals surface area contributed by atoms with Crippen LogP contribution in [0.25, 0.3) is 0 Å². The van der Waals surface area contributed by atoms with Crippen LogP contribution >= 0.6 is 0 Å². The van der Waals surface area contributed by atoms with Crippen molar-refractivity contribution >= 4 is 0 Å². The van der Waals surface area contributed by atoms with Gasteiger partial charge in [0, 0.05) is 0 Å². The first-order valence-electron chi connectivity index (χ1n) is 6.33. The summed E-state index contributed by atoms with van der Waals surface area (Å²) in [5.41, 5.74) is 4.60. The van der Waals surface area contributed by atoms with Crippen molar-refractivity contribution in [3.05, 3.63) is 47.0 Å². The van der Waals surface area contributed by atoms with Crippen LogP contribution in [0.4, 0.5) is 0 Å². The monoisotopic (exact) mass is 214 g/mol. The van der Waals surface area contributed by atoms with E-state index in [4.69, 9.17) is 0 Å². The van der Waals surface area contributed by atoms with Gasteiger partial charge in [0.1, 0.15) is 0 Å². The molecule has 0 saturated heterocycles. The van der Waals surface area contributed by atoms with Gasteiger partial charge in [0.15, 0.2) is 0 Å². The van der Waals surface area contributed by atoms with Crippen molar-refractivity contribution in [3.63, 3.8) is 0 Å². The maximum absolute atomic E-state index is 2.42. The summed E-state index contributed by atoms with van der Waals surface area (Å²) >= 11 is 0. The van der Waals surface area contributed by atoms with Crippen LogP contribution in [0.15, 0.2) is 35.9 Å². The van der Waals surface area contributed by atoms with Gasteiger partial charge in [0.05, 0.1) is 0 Å². The summed E-state index contributed by atoms with van der Waals surface area (Å²) in [6, 6.07) is 8.82. The summed E-state index contributed by atoms with van der Waals surface area (Å²) in [6.45, 7) is 9.04. The van der Waals surface area contributed by atoms with Gasteiger partial charge in [0.2, 0.25) is 0 Å². The number of hydrogen-bond donors (Lipinski definition) is 0. The Morgan fingerprint density at radius 3 is 2.62 bits per heavy atom. The largest absolute Gasteiger partial charge is 0.0827 e. The molecule has 2 rings (SSSR count). The van der Waals surface area contributed by atoms with Gasteiger partial charge in [-0.15, -0.1) is 0 Å². The van der Waals surface area contributed by atoms with Gasteiger partial charge in [-0.2, -0.15) is 0 Å². The molecule has 0 bridgehead atoms. The van der Waals surface area contributed by atoms with E-state index in [0.717, 1.165) is 11.8 Å². The van der Waals surface area contributed by atoms with Crippen molar-refractivity contribution in [3.8, 4) is 0 Å². The van der Waals surface area contributed by atoms with E-state index in [0.29, 0.717) is 5.92 Å². The van der Waals surface area contributed by atoms with Crippen LogP contribution in [0.5, 0.6) is 0 Å². The smallest absolute Gasteiger partial charge is 0.00877 e. The molecule has 1 fully saturated rings. The Labute approximate surface area is 99.4 Å². The molecule has 0 heterocycles. The third-order valence-electron chi connectivity index (χ3n) is 3.56. The molecule has 0 spiro atoms. The number of allylic oxidation sites excluding steroid dienone is 2. The van der Waals surface area contributed by atoms with Crippen molar-refractivity contribution in [1.29, 1.82) is 0 Å². The molecule has 1 aromatic rings. The first kappa shape index (κ1) is 11.4. The van der Waals surface area contributed by atoms with Crippen LogP contribution in [0.2, 0.25) is 0 Å². The van der Waals surface area contributed by atoms with Gasteiger partial charge in [-0.3, -0.25) is 0 Å². The van der Waals surface area contributed by atoms with Crippen molar-refractivity contribution in [2.45, 2.75) is 40.0 Å². The molecule has 2 unspecified atom stereocenters. The van der Waals surface area contributed by atoms with Crippen LogP contribution in [-0.2, 0) is 0 Å². The minimum absolute atomic E-state index is 0.679. The highest BCUT2D eigenvalue weighted by Crippen LogP contribution is 2.52. The molecular formula is C16H22. The van der Waals surface area contributed by atoms with Crippen LogP contribution in [0.3, 0.4) is 0 Å². The second kappa shape index (κ2) is 4.45. The minimum atomic E-state index is 0.679. The molecule has 0 aromatic heterocycles. The molecule has 16 heavy (non-hydrogen) atoms. The highest BCUT2D eigenvalue weighted by molar-refractivity contribution is 5.36. The first-order chi connectivity index (χ1) is 7.59. The lowest BCUT2D eigenvalue weighted by Gasteiger charge is -2.06. The topological polar surface area (TPSA) is 0 Å². The lowest BCUT2D eigenvalue weighted by Crippen LogP contribution is -1.91. The Bertz CT molecular complexity index is 398. The van der Waals surface area contributed by atoms with E-state index in [-0.39, 0.29) is 0 Å². The third kappa shape index (κ3) is 2.37. The molecule has 0 aliphatic heterocycles. The molecule has 0 heteroatoms. The van der Waals surface area contributed by atoms with Crippen molar-refractivity contribution < 1.29 is 0 Å². The van der Waals surface area contributed by atoms with Gasteiger partial charge >= 0.3 is 0 Å². The normalized spacial score (nSPS) is 24.9. The lowest BCUT2D eigenvalue weighted by atomic mass is 10.00. The second-order valence-corrected chi connectivity index (χ2v) is 5.46. The van der Waals surface area contributed by atoms with E-state index >= 15 is 0 Å². The van der Waals surface area contributed by atoms with Crippen LogP contribution in [0, 0.1) is 18.8 Å². The first-order valence-corrected chi connectivity index (χ1v) is 6.33. The molecule has 86 valence electrons. The Balaban J connectivity index is 2.10. The predicted octanol–water partition coefficient (Wildman–Crippen LogP) is 4.70. The fourth-order valence-electron chi connectivity index (χ4n) is 2.69. The SMILES string of the molecule is CC(=CC(C)C)C1CC1c1ccccc1C. The molecule has 1 aliphatic carbocycles. The number of rotatable bonds is 3. The molecule has 0 N–H and O–H groups in total. The molecule has 0 amide bonds.